The van der Waals surface area contributed by atoms with Crippen molar-refractivity contribution in [2.24, 2.45) is 0 Å². The lowest BCUT2D eigenvalue weighted by atomic mass is 10.1. The standard InChI is InChI=1S/C25H26N2O4S/c1-3-16-31-22-15-14-20(17-23(22)30-4-2)25-26-21-12-8-9-13-24(21)32(28,29)27(25)18-19-10-6-5-7-11-19/h3,5-15,17,25-26H,1,4,16,18H2,2H3/t25-/m0/s1. The van der Waals surface area contributed by atoms with Crippen molar-refractivity contribution in [3.05, 3.63) is 96.6 Å². The van der Waals surface area contributed by atoms with Crippen LogP contribution in [0, 0.1) is 0 Å². The first-order valence-electron chi connectivity index (χ1n) is 10.5. The number of hydrogen-bond donors (Lipinski definition) is 1. The number of sulfonamides is 1. The summed E-state index contributed by atoms with van der Waals surface area (Å²) < 4.78 is 40.2. The van der Waals surface area contributed by atoms with Gasteiger partial charge >= 0.3 is 0 Å². The minimum atomic E-state index is -3.74. The first kappa shape index (κ1) is 21.9. The van der Waals surface area contributed by atoms with Gasteiger partial charge in [-0.05, 0) is 42.3 Å². The summed E-state index contributed by atoms with van der Waals surface area (Å²) in [5, 5.41) is 3.41. The van der Waals surface area contributed by atoms with E-state index in [9.17, 15) is 8.42 Å². The third-order valence-corrected chi connectivity index (χ3v) is 7.04. The molecule has 0 aliphatic carbocycles. The zero-order valence-corrected chi connectivity index (χ0v) is 18.7. The predicted octanol–water partition coefficient (Wildman–Crippen LogP) is 4.97. The Hall–Kier alpha value is -3.29. The second kappa shape index (κ2) is 9.46. The van der Waals surface area contributed by atoms with E-state index in [1.165, 1.54) is 4.31 Å². The van der Waals surface area contributed by atoms with Gasteiger partial charge in [-0.15, -0.1) is 0 Å². The van der Waals surface area contributed by atoms with E-state index in [0.29, 0.717) is 30.4 Å². The van der Waals surface area contributed by atoms with Crippen molar-refractivity contribution in [3.63, 3.8) is 0 Å². The maximum Gasteiger partial charge on any atom is 0.247 e. The molecule has 3 aromatic rings. The number of nitrogens with one attached hydrogen (secondary N) is 1. The van der Waals surface area contributed by atoms with Crippen molar-refractivity contribution < 1.29 is 17.9 Å². The number of hydrogen-bond acceptors (Lipinski definition) is 5. The largest absolute Gasteiger partial charge is 0.490 e. The summed E-state index contributed by atoms with van der Waals surface area (Å²) in [6, 6.07) is 22.0. The maximum atomic E-state index is 13.6. The fourth-order valence-electron chi connectivity index (χ4n) is 3.72. The average Bonchev–Trinajstić information content (AvgIpc) is 2.81. The zero-order chi connectivity index (χ0) is 22.6. The number of fused-ring (bicyclic) bond motifs is 1. The molecule has 3 aromatic carbocycles. The van der Waals surface area contributed by atoms with Crippen molar-refractivity contribution in [1.82, 2.24) is 4.31 Å². The molecule has 1 aliphatic rings. The molecule has 166 valence electrons. The molecule has 0 fully saturated rings. The first-order chi connectivity index (χ1) is 15.5. The van der Waals surface area contributed by atoms with Gasteiger partial charge in [0.1, 0.15) is 17.7 Å². The van der Waals surface area contributed by atoms with Crippen LogP contribution in [0.5, 0.6) is 11.5 Å². The van der Waals surface area contributed by atoms with Gasteiger partial charge in [0.15, 0.2) is 11.5 Å². The molecule has 0 bridgehead atoms. The molecular formula is C25H26N2O4S. The Balaban J connectivity index is 1.79. The Morgan fingerprint density at radius 1 is 1.00 bits per heavy atom. The van der Waals surface area contributed by atoms with Crippen LogP contribution in [0.25, 0.3) is 0 Å². The van der Waals surface area contributed by atoms with Crippen LogP contribution in [0.2, 0.25) is 0 Å². The van der Waals surface area contributed by atoms with E-state index in [1.54, 1.807) is 30.3 Å². The van der Waals surface area contributed by atoms with Crippen LogP contribution in [0.1, 0.15) is 24.2 Å². The quantitative estimate of drug-likeness (QED) is 0.491. The molecule has 0 saturated heterocycles. The summed E-state index contributed by atoms with van der Waals surface area (Å²) >= 11 is 0. The molecule has 0 unspecified atom stereocenters. The van der Waals surface area contributed by atoms with Gasteiger partial charge in [0.05, 0.1) is 12.3 Å². The normalized spacial score (nSPS) is 17.1. The van der Waals surface area contributed by atoms with Crippen molar-refractivity contribution >= 4 is 15.7 Å². The molecule has 32 heavy (non-hydrogen) atoms. The lowest BCUT2D eigenvalue weighted by Crippen LogP contribution is -2.42. The highest BCUT2D eigenvalue weighted by molar-refractivity contribution is 7.89. The first-order valence-corrected chi connectivity index (χ1v) is 11.9. The van der Waals surface area contributed by atoms with Gasteiger partial charge in [-0.3, -0.25) is 0 Å². The summed E-state index contributed by atoms with van der Waals surface area (Å²) in [6.45, 7) is 6.61. The van der Waals surface area contributed by atoms with Crippen molar-refractivity contribution in [3.8, 4) is 11.5 Å². The monoisotopic (exact) mass is 450 g/mol. The van der Waals surface area contributed by atoms with Gasteiger partial charge in [-0.2, -0.15) is 4.31 Å². The lowest BCUT2D eigenvalue weighted by Gasteiger charge is -2.37. The molecule has 0 saturated carbocycles. The van der Waals surface area contributed by atoms with Gasteiger partial charge in [0.2, 0.25) is 10.0 Å². The van der Waals surface area contributed by atoms with E-state index < -0.39 is 16.2 Å². The Bertz CT molecular complexity index is 1200. The molecule has 4 rings (SSSR count). The van der Waals surface area contributed by atoms with Crippen LogP contribution in [-0.2, 0) is 16.6 Å². The van der Waals surface area contributed by atoms with Gasteiger partial charge in [-0.25, -0.2) is 8.42 Å². The van der Waals surface area contributed by atoms with Crippen LogP contribution >= 0.6 is 0 Å². The Morgan fingerprint density at radius 3 is 2.50 bits per heavy atom. The van der Waals surface area contributed by atoms with E-state index >= 15 is 0 Å². The molecule has 7 heteroatoms. The summed E-state index contributed by atoms with van der Waals surface area (Å²) in [5.74, 6) is 1.15. The summed E-state index contributed by atoms with van der Waals surface area (Å²) in [7, 11) is -3.74. The van der Waals surface area contributed by atoms with Gasteiger partial charge < -0.3 is 14.8 Å². The minimum Gasteiger partial charge on any atom is -0.490 e. The third-order valence-electron chi connectivity index (χ3n) is 5.18. The van der Waals surface area contributed by atoms with Gasteiger partial charge in [-0.1, -0.05) is 61.2 Å². The predicted molar refractivity (Wildman–Crippen MR) is 125 cm³/mol. The van der Waals surface area contributed by atoms with E-state index in [1.807, 2.05) is 55.5 Å². The van der Waals surface area contributed by atoms with E-state index in [-0.39, 0.29) is 11.4 Å². The van der Waals surface area contributed by atoms with E-state index in [0.717, 1.165) is 11.1 Å². The summed E-state index contributed by atoms with van der Waals surface area (Å²) in [6.07, 6.45) is 1.06. The number of para-hydroxylation sites is 1. The van der Waals surface area contributed by atoms with E-state index in [2.05, 4.69) is 11.9 Å². The highest BCUT2D eigenvalue weighted by Crippen LogP contribution is 2.41. The third kappa shape index (κ3) is 4.35. The molecule has 0 amide bonds. The maximum absolute atomic E-state index is 13.6. The smallest absolute Gasteiger partial charge is 0.247 e. The number of rotatable bonds is 8. The molecule has 1 aliphatic heterocycles. The van der Waals surface area contributed by atoms with Crippen LogP contribution in [-0.4, -0.2) is 25.9 Å². The van der Waals surface area contributed by atoms with Crippen molar-refractivity contribution in [1.29, 1.82) is 0 Å². The van der Waals surface area contributed by atoms with Crippen LogP contribution in [0.15, 0.2) is 90.3 Å². The number of anilines is 1. The summed E-state index contributed by atoms with van der Waals surface area (Å²) in [4.78, 5) is 0.267. The topological polar surface area (TPSA) is 67.9 Å². The van der Waals surface area contributed by atoms with Crippen LogP contribution in [0.4, 0.5) is 5.69 Å². The fraction of sp³-hybridized carbons (Fsp3) is 0.200. The molecular weight excluding hydrogens is 424 g/mol. The highest BCUT2D eigenvalue weighted by Gasteiger charge is 2.39. The molecule has 6 nitrogen and oxygen atoms in total. The Kier molecular flexibility index (Phi) is 6.48. The van der Waals surface area contributed by atoms with Crippen LogP contribution < -0.4 is 14.8 Å². The van der Waals surface area contributed by atoms with Gasteiger partial charge in [0, 0.05) is 6.54 Å². The molecule has 1 atom stereocenters. The highest BCUT2D eigenvalue weighted by atomic mass is 32.2. The Labute approximate surface area is 189 Å². The van der Waals surface area contributed by atoms with Gasteiger partial charge in [0.25, 0.3) is 0 Å². The van der Waals surface area contributed by atoms with Crippen LogP contribution in [0.3, 0.4) is 0 Å². The molecule has 0 radical (unpaired) electrons. The number of nitrogens with zero attached hydrogens (tertiary/aromatic N) is 1. The molecule has 1 N–H and O–H groups in total. The molecule has 0 spiro atoms. The zero-order valence-electron chi connectivity index (χ0n) is 17.9. The summed E-state index contributed by atoms with van der Waals surface area (Å²) in [5.41, 5.74) is 2.23. The number of ether oxygens (including phenoxy) is 2. The lowest BCUT2D eigenvalue weighted by molar-refractivity contribution is 0.294. The second-order valence-electron chi connectivity index (χ2n) is 7.32. The van der Waals surface area contributed by atoms with Crippen molar-refractivity contribution in [2.75, 3.05) is 18.5 Å². The second-order valence-corrected chi connectivity index (χ2v) is 9.18. The minimum absolute atomic E-state index is 0.230. The molecule has 0 aromatic heterocycles. The Morgan fingerprint density at radius 2 is 1.75 bits per heavy atom. The molecule has 1 heterocycles. The number of benzene rings is 3. The fourth-order valence-corrected chi connectivity index (χ4v) is 5.39. The SMILES string of the molecule is C=CCOc1ccc([C@H]2Nc3ccccc3S(=O)(=O)N2Cc2ccccc2)cc1OCC. The average molecular weight is 451 g/mol. The van der Waals surface area contributed by atoms with Crippen molar-refractivity contribution in [2.45, 2.75) is 24.5 Å². The van der Waals surface area contributed by atoms with E-state index in [4.69, 9.17) is 9.47 Å².